The third-order valence-electron chi connectivity index (χ3n) is 3.90. The Morgan fingerprint density at radius 2 is 1.50 bits per heavy atom. The van der Waals surface area contributed by atoms with Gasteiger partial charge in [0, 0.05) is 20.8 Å². The number of esters is 3. The molecule has 1 heterocycles. The SMILES string of the molecule is CC(=O)OC1O[C@@H](COCc2ccccc2)[C@@H](O)[C@@H](OC(C)=O)C1OC(C)=O. The van der Waals surface area contributed by atoms with Crippen LogP contribution in [0.4, 0.5) is 0 Å². The maximum atomic E-state index is 11.5. The van der Waals surface area contributed by atoms with Crippen LogP contribution in [0.1, 0.15) is 26.3 Å². The van der Waals surface area contributed by atoms with Crippen molar-refractivity contribution in [3.05, 3.63) is 35.9 Å². The van der Waals surface area contributed by atoms with Crippen LogP contribution in [0.25, 0.3) is 0 Å². The van der Waals surface area contributed by atoms with E-state index in [1.807, 2.05) is 30.3 Å². The highest BCUT2D eigenvalue weighted by Crippen LogP contribution is 2.28. The molecule has 0 aromatic heterocycles. The molecule has 2 rings (SSSR count). The minimum atomic E-state index is -1.36. The van der Waals surface area contributed by atoms with Crippen molar-refractivity contribution in [2.45, 2.75) is 58.1 Å². The predicted octanol–water partition coefficient (Wildman–Crippen LogP) is 0.715. The number of aliphatic hydroxyl groups excluding tert-OH is 1. The van der Waals surface area contributed by atoms with Gasteiger partial charge in [0.25, 0.3) is 0 Å². The smallest absolute Gasteiger partial charge is 0.305 e. The molecule has 5 atom stereocenters. The first-order chi connectivity index (χ1) is 13.3. The summed E-state index contributed by atoms with van der Waals surface area (Å²) in [5, 5.41) is 10.6. The predicted molar refractivity (Wildman–Crippen MR) is 93.6 cm³/mol. The van der Waals surface area contributed by atoms with Crippen LogP contribution in [0.2, 0.25) is 0 Å². The Labute approximate surface area is 162 Å². The van der Waals surface area contributed by atoms with Crippen molar-refractivity contribution in [2.24, 2.45) is 0 Å². The van der Waals surface area contributed by atoms with E-state index in [4.69, 9.17) is 23.7 Å². The number of carbonyl (C=O) groups is 3. The van der Waals surface area contributed by atoms with Gasteiger partial charge in [0.15, 0.2) is 6.10 Å². The van der Waals surface area contributed by atoms with Gasteiger partial charge in [-0.1, -0.05) is 30.3 Å². The van der Waals surface area contributed by atoms with Gasteiger partial charge in [-0.15, -0.1) is 0 Å². The largest absolute Gasteiger partial charge is 0.455 e. The van der Waals surface area contributed by atoms with Crippen molar-refractivity contribution in [1.29, 1.82) is 0 Å². The third kappa shape index (κ3) is 6.29. The van der Waals surface area contributed by atoms with Gasteiger partial charge >= 0.3 is 17.9 Å². The summed E-state index contributed by atoms with van der Waals surface area (Å²) in [5.74, 6) is -2.11. The zero-order valence-corrected chi connectivity index (χ0v) is 15.9. The van der Waals surface area contributed by atoms with Crippen molar-refractivity contribution < 1.29 is 43.2 Å². The van der Waals surface area contributed by atoms with Crippen LogP contribution < -0.4 is 0 Å². The fourth-order valence-electron chi connectivity index (χ4n) is 2.80. The first kappa shape index (κ1) is 21.8. The summed E-state index contributed by atoms with van der Waals surface area (Å²) in [7, 11) is 0. The Morgan fingerprint density at radius 1 is 0.929 bits per heavy atom. The highest BCUT2D eigenvalue weighted by Gasteiger charge is 2.50. The molecular weight excluding hydrogens is 372 g/mol. The van der Waals surface area contributed by atoms with E-state index in [0.29, 0.717) is 0 Å². The molecule has 1 fully saturated rings. The highest BCUT2D eigenvalue weighted by atomic mass is 16.7. The lowest BCUT2D eigenvalue weighted by Crippen LogP contribution is -2.62. The fraction of sp³-hybridized carbons (Fsp3) is 0.526. The third-order valence-corrected chi connectivity index (χ3v) is 3.90. The second kappa shape index (κ2) is 10.2. The molecule has 0 spiro atoms. The summed E-state index contributed by atoms with van der Waals surface area (Å²) in [6.45, 7) is 3.63. The van der Waals surface area contributed by atoms with E-state index in [-0.39, 0.29) is 13.2 Å². The maximum Gasteiger partial charge on any atom is 0.305 e. The summed E-state index contributed by atoms with van der Waals surface area (Å²) >= 11 is 0. The molecule has 154 valence electrons. The topological polar surface area (TPSA) is 118 Å². The first-order valence-electron chi connectivity index (χ1n) is 8.74. The average molecular weight is 396 g/mol. The van der Waals surface area contributed by atoms with Crippen molar-refractivity contribution >= 4 is 17.9 Å². The van der Waals surface area contributed by atoms with E-state index in [2.05, 4.69) is 0 Å². The molecule has 0 amide bonds. The minimum absolute atomic E-state index is 0.0710. The van der Waals surface area contributed by atoms with Gasteiger partial charge in [0.2, 0.25) is 12.4 Å². The van der Waals surface area contributed by atoms with E-state index >= 15 is 0 Å². The van der Waals surface area contributed by atoms with Gasteiger partial charge in [0.05, 0.1) is 13.2 Å². The van der Waals surface area contributed by atoms with E-state index in [9.17, 15) is 19.5 Å². The van der Waals surface area contributed by atoms with Crippen LogP contribution in [0.5, 0.6) is 0 Å². The van der Waals surface area contributed by atoms with Crippen LogP contribution in [0.15, 0.2) is 30.3 Å². The van der Waals surface area contributed by atoms with Crippen LogP contribution in [-0.4, -0.2) is 60.3 Å². The Balaban J connectivity index is 2.13. The molecule has 1 aliphatic heterocycles. The monoisotopic (exact) mass is 396 g/mol. The summed E-state index contributed by atoms with van der Waals surface area (Å²) in [6, 6.07) is 9.35. The number of hydrogen-bond donors (Lipinski definition) is 1. The van der Waals surface area contributed by atoms with Gasteiger partial charge in [-0.25, -0.2) is 0 Å². The van der Waals surface area contributed by atoms with Crippen molar-refractivity contribution in [3.63, 3.8) is 0 Å². The second-order valence-corrected chi connectivity index (χ2v) is 6.29. The molecule has 2 unspecified atom stereocenters. The lowest BCUT2D eigenvalue weighted by atomic mass is 9.98. The van der Waals surface area contributed by atoms with Crippen LogP contribution in [0, 0.1) is 0 Å². The van der Waals surface area contributed by atoms with Crippen LogP contribution in [-0.2, 0) is 44.7 Å². The zero-order valence-electron chi connectivity index (χ0n) is 15.9. The van der Waals surface area contributed by atoms with E-state index in [1.165, 1.54) is 0 Å². The second-order valence-electron chi connectivity index (χ2n) is 6.29. The van der Waals surface area contributed by atoms with Crippen molar-refractivity contribution in [2.75, 3.05) is 6.61 Å². The summed E-state index contributed by atoms with van der Waals surface area (Å²) < 4.78 is 26.5. The molecule has 1 saturated heterocycles. The van der Waals surface area contributed by atoms with Crippen molar-refractivity contribution in [3.8, 4) is 0 Å². The fourth-order valence-corrected chi connectivity index (χ4v) is 2.80. The number of ether oxygens (including phenoxy) is 5. The Morgan fingerprint density at radius 3 is 2.07 bits per heavy atom. The molecule has 1 aromatic carbocycles. The summed E-state index contributed by atoms with van der Waals surface area (Å²) in [5.41, 5.74) is 0.915. The summed E-state index contributed by atoms with van der Waals surface area (Å²) in [4.78, 5) is 34.3. The number of hydrogen-bond acceptors (Lipinski definition) is 9. The van der Waals surface area contributed by atoms with Crippen LogP contribution >= 0.6 is 0 Å². The van der Waals surface area contributed by atoms with Gasteiger partial charge in [-0.2, -0.15) is 0 Å². The lowest BCUT2D eigenvalue weighted by Gasteiger charge is -2.42. The van der Waals surface area contributed by atoms with E-state index < -0.39 is 48.6 Å². The lowest BCUT2D eigenvalue weighted by molar-refractivity contribution is -0.299. The Hall–Kier alpha value is -2.49. The Kier molecular flexibility index (Phi) is 7.91. The molecular formula is C19H24O9. The number of aliphatic hydroxyl groups is 1. The highest BCUT2D eigenvalue weighted by molar-refractivity contribution is 5.68. The molecule has 0 bridgehead atoms. The molecule has 0 saturated carbocycles. The van der Waals surface area contributed by atoms with Crippen molar-refractivity contribution in [1.82, 2.24) is 0 Å². The van der Waals surface area contributed by atoms with Gasteiger partial charge in [-0.3, -0.25) is 14.4 Å². The van der Waals surface area contributed by atoms with Gasteiger partial charge < -0.3 is 28.8 Å². The molecule has 0 radical (unpaired) electrons. The maximum absolute atomic E-state index is 11.5. The minimum Gasteiger partial charge on any atom is -0.455 e. The number of carbonyl (C=O) groups excluding carboxylic acids is 3. The Bertz CT molecular complexity index is 675. The quantitative estimate of drug-likeness (QED) is 0.525. The number of rotatable bonds is 7. The zero-order chi connectivity index (χ0) is 20.7. The molecule has 9 nitrogen and oxygen atoms in total. The van der Waals surface area contributed by atoms with E-state index in [1.54, 1.807) is 0 Å². The summed E-state index contributed by atoms with van der Waals surface area (Å²) in [6.07, 6.45) is -6.31. The molecule has 1 aliphatic rings. The molecule has 1 N–H and O–H groups in total. The molecule has 9 heteroatoms. The molecule has 28 heavy (non-hydrogen) atoms. The molecule has 1 aromatic rings. The van der Waals surface area contributed by atoms with Crippen LogP contribution in [0.3, 0.4) is 0 Å². The normalized spacial score (nSPS) is 26.9. The average Bonchev–Trinajstić information content (AvgIpc) is 2.61. The molecule has 0 aliphatic carbocycles. The van der Waals surface area contributed by atoms with Gasteiger partial charge in [-0.05, 0) is 5.56 Å². The van der Waals surface area contributed by atoms with E-state index in [0.717, 1.165) is 26.3 Å². The standard InChI is InChI=1S/C19H24O9/c1-11(20)25-17-16(23)15(10-24-9-14-7-5-4-6-8-14)28-19(27-13(3)22)18(17)26-12(2)21/h4-8,15-19,23H,9-10H2,1-3H3/t15-,16+,17+,18?,19?/m0/s1. The first-order valence-corrected chi connectivity index (χ1v) is 8.74. The number of benzene rings is 1. The van der Waals surface area contributed by atoms with Gasteiger partial charge in [0.1, 0.15) is 12.2 Å².